The number of hydrogen-bond donors (Lipinski definition) is 3. The van der Waals surface area contributed by atoms with Crippen LogP contribution in [0.1, 0.15) is 64.7 Å². The molecule has 1 fully saturated rings. The van der Waals surface area contributed by atoms with Gasteiger partial charge < -0.3 is 10.3 Å². The fraction of sp³-hybridized carbons (Fsp3) is 0.722. The first-order valence-corrected chi connectivity index (χ1v) is 9.01. The summed E-state index contributed by atoms with van der Waals surface area (Å²) in [7, 11) is 0. The second-order valence-corrected chi connectivity index (χ2v) is 8.09. The SMILES string of the molecule is CC(C)(C)[C@H](NC(=O)[C@H](CC1CCCC1)CN(O)C=O)c1ncc[nH]1. The molecule has 1 saturated carbocycles. The lowest BCUT2D eigenvalue weighted by Gasteiger charge is -2.32. The molecule has 0 aromatic carbocycles. The minimum atomic E-state index is -0.432. The molecule has 0 unspecified atom stereocenters. The van der Waals surface area contributed by atoms with E-state index in [0.29, 0.717) is 29.6 Å². The van der Waals surface area contributed by atoms with Gasteiger partial charge in [-0.25, -0.2) is 10.0 Å². The van der Waals surface area contributed by atoms with Crippen molar-refractivity contribution in [2.75, 3.05) is 6.54 Å². The number of carbonyl (C=O) groups excluding carboxylic acids is 2. The van der Waals surface area contributed by atoms with Crippen LogP contribution in [0.15, 0.2) is 12.4 Å². The van der Waals surface area contributed by atoms with Crippen molar-refractivity contribution in [3.05, 3.63) is 18.2 Å². The summed E-state index contributed by atoms with van der Waals surface area (Å²) < 4.78 is 0. The number of aromatic nitrogens is 2. The second kappa shape index (κ2) is 8.47. The number of hydrogen-bond acceptors (Lipinski definition) is 4. The highest BCUT2D eigenvalue weighted by molar-refractivity contribution is 5.79. The molecule has 140 valence electrons. The molecule has 25 heavy (non-hydrogen) atoms. The number of nitrogens with zero attached hydrogens (tertiary/aromatic N) is 2. The lowest BCUT2D eigenvalue weighted by molar-refractivity contribution is -0.155. The average Bonchev–Trinajstić information content (AvgIpc) is 3.23. The van der Waals surface area contributed by atoms with Crippen LogP contribution in [-0.4, -0.2) is 39.1 Å². The Morgan fingerprint density at radius 1 is 1.48 bits per heavy atom. The number of rotatable bonds is 8. The normalized spacial score (nSPS) is 17.9. The van der Waals surface area contributed by atoms with E-state index in [1.165, 1.54) is 12.8 Å². The summed E-state index contributed by atoms with van der Waals surface area (Å²) in [6.07, 6.45) is 9.03. The molecular formula is C18H30N4O3. The minimum Gasteiger partial charge on any atom is -0.347 e. The molecule has 2 atom stereocenters. The third-order valence-corrected chi connectivity index (χ3v) is 4.94. The molecule has 1 aliphatic rings. The zero-order chi connectivity index (χ0) is 18.4. The average molecular weight is 350 g/mol. The standard InChI is InChI=1S/C18H30N4O3/c1-18(2,3)15(16-19-8-9-20-16)21-17(24)14(11-22(25)12-23)10-13-6-4-5-7-13/h8-9,12-15,25H,4-7,10-11H2,1-3H3,(H,19,20)(H,21,24)/t14-,15-/m1/s1. The molecule has 0 aliphatic heterocycles. The first kappa shape index (κ1) is 19.4. The zero-order valence-corrected chi connectivity index (χ0v) is 15.4. The van der Waals surface area contributed by atoms with Gasteiger partial charge in [0.25, 0.3) is 0 Å². The first-order chi connectivity index (χ1) is 11.8. The van der Waals surface area contributed by atoms with E-state index in [4.69, 9.17) is 0 Å². The molecule has 1 heterocycles. The van der Waals surface area contributed by atoms with Crippen LogP contribution in [0, 0.1) is 17.3 Å². The van der Waals surface area contributed by atoms with Crippen molar-refractivity contribution in [3.8, 4) is 0 Å². The van der Waals surface area contributed by atoms with E-state index in [1.54, 1.807) is 12.4 Å². The van der Waals surface area contributed by atoms with Crippen molar-refractivity contribution < 1.29 is 14.8 Å². The number of carbonyl (C=O) groups is 2. The van der Waals surface area contributed by atoms with Gasteiger partial charge in [-0.2, -0.15) is 0 Å². The predicted octanol–water partition coefficient (Wildman–Crippen LogP) is 2.66. The molecule has 0 saturated heterocycles. The maximum Gasteiger partial charge on any atom is 0.233 e. The summed E-state index contributed by atoms with van der Waals surface area (Å²) in [5.74, 6) is 0.603. The Labute approximate surface area is 149 Å². The van der Waals surface area contributed by atoms with E-state index < -0.39 is 5.92 Å². The van der Waals surface area contributed by atoms with Crippen molar-refractivity contribution in [2.45, 2.75) is 58.9 Å². The highest BCUT2D eigenvalue weighted by atomic mass is 16.5. The van der Waals surface area contributed by atoms with Crippen LogP contribution in [-0.2, 0) is 9.59 Å². The van der Waals surface area contributed by atoms with Gasteiger partial charge in [0, 0.05) is 12.4 Å². The van der Waals surface area contributed by atoms with E-state index in [1.807, 2.05) is 20.8 Å². The lowest BCUT2D eigenvalue weighted by atomic mass is 9.85. The molecule has 0 spiro atoms. The number of imidazole rings is 1. The largest absolute Gasteiger partial charge is 0.347 e. The van der Waals surface area contributed by atoms with Crippen LogP contribution < -0.4 is 5.32 Å². The Balaban J connectivity index is 2.11. The summed E-state index contributed by atoms with van der Waals surface area (Å²) in [5, 5.41) is 13.2. The summed E-state index contributed by atoms with van der Waals surface area (Å²) in [6, 6.07) is -0.274. The fourth-order valence-corrected chi connectivity index (χ4v) is 3.57. The van der Waals surface area contributed by atoms with Gasteiger partial charge in [0.2, 0.25) is 12.3 Å². The Morgan fingerprint density at radius 3 is 2.68 bits per heavy atom. The van der Waals surface area contributed by atoms with Crippen LogP contribution in [0.4, 0.5) is 0 Å². The van der Waals surface area contributed by atoms with Gasteiger partial charge in [0.15, 0.2) is 0 Å². The lowest BCUT2D eigenvalue weighted by Crippen LogP contribution is -2.43. The molecule has 0 radical (unpaired) electrons. The van der Waals surface area contributed by atoms with Crippen LogP contribution in [0.3, 0.4) is 0 Å². The van der Waals surface area contributed by atoms with E-state index in [-0.39, 0.29) is 23.9 Å². The molecular weight excluding hydrogens is 320 g/mol. The van der Waals surface area contributed by atoms with Crippen molar-refractivity contribution in [1.29, 1.82) is 0 Å². The summed E-state index contributed by atoms with van der Waals surface area (Å²) >= 11 is 0. The third-order valence-electron chi connectivity index (χ3n) is 4.94. The monoisotopic (exact) mass is 350 g/mol. The number of H-pyrrole nitrogens is 1. The third kappa shape index (κ3) is 5.56. The van der Waals surface area contributed by atoms with Crippen molar-refractivity contribution in [3.63, 3.8) is 0 Å². The smallest absolute Gasteiger partial charge is 0.233 e. The van der Waals surface area contributed by atoms with Gasteiger partial charge in [-0.15, -0.1) is 0 Å². The van der Waals surface area contributed by atoms with Crippen LogP contribution in [0.2, 0.25) is 0 Å². The first-order valence-electron chi connectivity index (χ1n) is 9.01. The van der Waals surface area contributed by atoms with E-state index in [0.717, 1.165) is 12.8 Å². The fourth-order valence-electron chi connectivity index (χ4n) is 3.57. The summed E-state index contributed by atoms with van der Waals surface area (Å²) in [5.41, 5.74) is -0.227. The number of hydroxylamine groups is 2. The minimum absolute atomic E-state index is 0.0147. The van der Waals surface area contributed by atoms with Crippen LogP contribution in [0.25, 0.3) is 0 Å². The molecule has 7 heteroatoms. The summed E-state index contributed by atoms with van der Waals surface area (Å²) in [6.45, 7) is 6.13. The van der Waals surface area contributed by atoms with Gasteiger partial charge in [-0.05, 0) is 17.8 Å². The number of aromatic amines is 1. The second-order valence-electron chi connectivity index (χ2n) is 8.09. The van der Waals surface area contributed by atoms with E-state index in [2.05, 4.69) is 15.3 Å². The van der Waals surface area contributed by atoms with Crippen molar-refractivity contribution in [2.24, 2.45) is 17.3 Å². The number of amides is 2. The predicted molar refractivity (Wildman–Crippen MR) is 93.5 cm³/mol. The molecule has 1 aromatic heterocycles. The topological polar surface area (TPSA) is 98.3 Å². The van der Waals surface area contributed by atoms with Crippen molar-refractivity contribution in [1.82, 2.24) is 20.3 Å². The molecule has 0 bridgehead atoms. The van der Waals surface area contributed by atoms with E-state index in [9.17, 15) is 14.8 Å². The van der Waals surface area contributed by atoms with Gasteiger partial charge in [0.05, 0.1) is 18.5 Å². The molecule has 1 aliphatic carbocycles. The Bertz CT molecular complexity index is 547. The maximum atomic E-state index is 12.9. The highest BCUT2D eigenvalue weighted by Gasteiger charge is 2.33. The molecule has 3 N–H and O–H groups in total. The van der Waals surface area contributed by atoms with Gasteiger partial charge in [-0.3, -0.25) is 14.8 Å². The molecule has 1 aromatic rings. The summed E-state index contributed by atoms with van der Waals surface area (Å²) in [4.78, 5) is 31.1. The van der Waals surface area contributed by atoms with Crippen molar-refractivity contribution >= 4 is 12.3 Å². The van der Waals surface area contributed by atoms with Gasteiger partial charge in [-0.1, -0.05) is 46.5 Å². The van der Waals surface area contributed by atoms with Gasteiger partial charge in [0.1, 0.15) is 5.82 Å². The van der Waals surface area contributed by atoms with Crippen LogP contribution >= 0.6 is 0 Å². The molecule has 2 rings (SSSR count). The molecule has 7 nitrogen and oxygen atoms in total. The quantitative estimate of drug-likeness (QED) is 0.381. The Kier molecular flexibility index (Phi) is 6.58. The zero-order valence-electron chi connectivity index (χ0n) is 15.4. The Hall–Kier alpha value is -1.89. The highest BCUT2D eigenvalue weighted by Crippen LogP contribution is 2.33. The van der Waals surface area contributed by atoms with E-state index >= 15 is 0 Å². The molecule has 2 amide bonds. The van der Waals surface area contributed by atoms with Crippen LogP contribution in [0.5, 0.6) is 0 Å². The van der Waals surface area contributed by atoms with Gasteiger partial charge >= 0.3 is 0 Å². The number of nitrogens with one attached hydrogen (secondary N) is 2. The Morgan fingerprint density at radius 2 is 2.16 bits per heavy atom. The maximum absolute atomic E-state index is 12.9.